The molecule has 35 heavy (non-hydrogen) atoms. The lowest BCUT2D eigenvalue weighted by molar-refractivity contribution is -0.122. The molecule has 1 aliphatic heterocycles. The molecule has 3 rings (SSSR count). The number of ether oxygens (including phenoxy) is 2. The van der Waals surface area contributed by atoms with Gasteiger partial charge in [0, 0.05) is 18.1 Å². The highest BCUT2D eigenvalue weighted by Gasteiger charge is 2.51. The van der Waals surface area contributed by atoms with Crippen molar-refractivity contribution in [3.63, 3.8) is 0 Å². The Morgan fingerprint density at radius 3 is 2.31 bits per heavy atom. The van der Waals surface area contributed by atoms with Crippen LogP contribution >= 0.6 is 17.7 Å². The molecule has 0 radical (unpaired) electrons. The van der Waals surface area contributed by atoms with E-state index in [1.54, 1.807) is 6.66 Å². The van der Waals surface area contributed by atoms with Crippen LogP contribution in [-0.4, -0.2) is 37.5 Å². The quantitative estimate of drug-likeness (QED) is 0.236. The van der Waals surface area contributed by atoms with Crippen LogP contribution in [0.15, 0.2) is 53.4 Å². The molecule has 2 aromatic carbocycles. The Balaban J connectivity index is 1.47. The molecule has 1 amide bonds. The van der Waals surface area contributed by atoms with Gasteiger partial charge < -0.3 is 19.8 Å². The zero-order valence-corrected chi connectivity index (χ0v) is 23.0. The van der Waals surface area contributed by atoms with E-state index < -0.39 is 17.4 Å². The second kappa shape index (κ2) is 13.0. The van der Waals surface area contributed by atoms with Crippen molar-refractivity contribution < 1.29 is 18.8 Å². The normalized spacial score (nSPS) is 17.1. The molecule has 2 aromatic rings. The minimum atomic E-state index is -2.95. The summed E-state index contributed by atoms with van der Waals surface area (Å²) in [5.74, 6) is 1.06. The van der Waals surface area contributed by atoms with Gasteiger partial charge in [-0.1, -0.05) is 55.9 Å². The summed E-state index contributed by atoms with van der Waals surface area (Å²) in [6.45, 7) is 7.69. The summed E-state index contributed by atoms with van der Waals surface area (Å²) in [6.07, 6.45) is 3.46. The van der Waals surface area contributed by atoms with Gasteiger partial charge in [0.1, 0.15) is 10.9 Å². The molecule has 1 atom stereocenters. The number of aryl methyl sites for hydroxylation is 2. The van der Waals surface area contributed by atoms with Crippen molar-refractivity contribution in [3.05, 3.63) is 59.7 Å². The van der Waals surface area contributed by atoms with E-state index in [0.29, 0.717) is 32.7 Å². The Morgan fingerprint density at radius 1 is 1.09 bits per heavy atom. The Bertz CT molecular complexity index is 1000. The van der Waals surface area contributed by atoms with Gasteiger partial charge in [0.25, 0.3) is 0 Å². The van der Waals surface area contributed by atoms with Crippen LogP contribution in [0.5, 0.6) is 5.75 Å². The van der Waals surface area contributed by atoms with E-state index in [-0.39, 0.29) is 0 Å². The number of amides is 1. The van der Waals surface area contributed by atoms with Gasteiger partial charge in [0.2, 0.25) is 5.91 Å². The average Bonchev–Trinajstić information content (AvgIpc) is 2.83. The van der Waals surface area contributed by atoms with Crippen LogP contribution in [-0.2, 0) is 26.9 Å². The first-order valence-electron chi connectivity index (χ1n) is 12.7. The fourth-order valence-electron chi connectivity index (χ4n) is 4.57. The Hall–Kier alpha value is -1.75. The molecule has 5 nitrogen and oxygen atoms in total. The SMILES string of the molecule is CC(C)CCCc1cccc(CCCOc2ccc(SP(C)(=O)C3(C(N)=O)CCOCC3)cc2)c1. The van der Waals surface area contributed by atoms with Crippen molar-refractivity contribution in [3.8, 4) is 5.75 Å². The number of hydrogen-bond donors (Lipinski definition) is 1. The van der Waals surface area contributed by atoms with Gasteiger partial charge in [-0.3, -0.25) is 4.79 Å². The molecule has 192 valence electrons. The summed E-state index contributed by atoms with van der Waals surface area (Å²) in [5.41, 5.74) is 8.50. The van der Waals surface area contributed by atoms with Gasteiger partial charge in [-0.25, -0.2) is 0 Å². The number of primary amides is 1. The molecule has 2 N–H and O–H groups in total. The topological polar surface area (TPSA) is 78.6 Å². The molecular formula is C28H40NO4PS. The lowest BCUT2D eigenvalue weighted by atomic mass is 9.98. The molecule has 1 heterocycles. The van der Waals surface area contributed by atoms with Gasteiger partial charge in [-0.05, 0) is 86.5 Å². The lowest BCUT2D eigenvalue weighted by Crippen LogP contribution is -2.47. The van der Waals surface area contributed by atoms with Crippen molar-refractivity contribution in [1.82, 2.24) is 0 Å². The van der Waals surface area contributed by atoms with Gasteiger partial charge in [0.15, 0.2) is 6.34 Å². The molecular weight excluding hydrogens is 477 g/mol. The first-order valence-corrected chi connectivity index (χ1v) is 16.2. The number of benzene rings is 2. The molecule has 1 saturated heterocycles. The smallest absolute Gasteiger partial charge is 0.232 e. The number of carbonyl (C=O) groups is 1. The third-order valence-corrected chi connectivity index (χ3v) is 12.6. The summed E-state index contributed by atoms with van der Waals surface area (Å²) >= 11 is 1.27. The second-order valence-electron chi connectivity index (χ2n) is 9.97. The maximum atomic E-state index is 13.6. The van der Waals surface area contributed by atoms with Gasteiger partial charge in [-0.2, -0.15) is 0 Å². The number of rotatable bonds is 13. The third-order valence-electron chi connectivity index (χ3n) is 6.78. The minimum Gasteiger partial charge on any atom is -0.494 e. The maximum Gasteiger partial charge on any atom is 0.232 e. The van der Waals surface area contributed by atoms with Crippen molar-refractivity contribution in [2.75, 3.05) is 26.5 Å². The Kier molecular flexibility index (Phi) is 10.3. The van der Waals surface area contributed by atoms with Crippen molar-refractivity contribution in [2.45, 2.75) is 68.8 Å². The Labute approximate surface area is 214 Å². The highest BCUT2D eigenvalue weighted by atomic mass is 32.7. The molecule has 0 spiro atoms. The van der Waals surface area contributed by atoms with Crippen LogP contribution in [0, 0.1) is 5.92 Å². The fraction of sp³-hybridized carbons (Fsp3) is 0.536. The minimum absolute atomic E-state index is 0.408. The van der Waals surface area contributed by atoms with Crippen LogP contribution < -0.4 is 10.5 Å². The molecule has 1 fully saturated rings. The molecule has 0 bridgehead atoms. The second-order valence-corrected chi connectivity index (χ2v) is 15.8. The first-order chi connectivity index (χ1) is 16.7. The molecule has 0 saturated carbocycles. The van der Waals surface area contributed by atoms with Gasteiger partial charge in [-0.15, -0.1) is 0 Å². The van der Waals surface area contributed by atoms with Gasteiger partial charge >= 0.3 is 0 Å². The van der Waals surface area contributed by atoms with Crippen LogP contribution in [0.2, 0.25) is 0 Å². The van der Waals surface area contributed by atoms with E-state index in [1.807, 2.05) is 24.3 Å². The number of hydrogen-bond acceptors (Lipinski definition) is 5. The van der Waals surface area contributed by atoms with Crippen LogP contribution in [0.1, 0.15) is 57.1 Å². The predicted octanol–water partition coefficient (Wildman–Crippen LogP) is 6.71. The van der Waals surface area contributed by atoms with Crippen molar-refractivity contribution >= 4 is 23.6 Å². The van der Waals surface area contributed by atoms with Crippen molar-refractivity contribution in [1.29, 1.82) is 0 Å². The highest BCUT2D eigenvalue weighted by Crippen LogP contribution is 2.70. The van der Waals surface area contributed by atoms with E-state index in [1.165, 1.54) is 35.4 Å². The molecule has 0 aliphatic carbocycles. The van der Waals surface area contributed by atoms with E-state index in [9.17, 15) is 9.36 Å². The van der Waals surface area contributed by atoms with E-state index in [4.69, 9.17) is 15.2 Å². The summed E-state index contributed by atoms with van der Waals surface area (Å²) in [4.78, 5) is 13.1. The van der Waals surface area contributed by atoms with Crippen LogP contribution in [0.3, 0.4) is 0 Å². The first kappa shape index (κ1) is 27.8. The molecule has 0 aromatic heterocycles. The third kappa shape index (κ3) is 7.87. The average molecular weight is 518 g/mol. The maximum absolute atomic E-state index is 13.6. The zero-order chi connectivity index (χ0) is 25.3. The Morgan fingerprint density at radius 2 is 1.71 bits per heavy atom. The molecule has 1 aliphatic rings. The standard InChI is InChI=1S/C28H40NO4PS/c1-22(2)7-4-8-23-9-5-10-24(21-23)11-6-18-33-25-12-14-26(15-13-25)35-34(3,31)28(27(29)30)16-19-32-20-17-28/h5,9-10,12-15,21-22H,4,6-8,11,16-20H2,1-3H3,(H2,29,30). The molecule has 1 unspecified atom stereocenters. The molecule has 7 heteroatoms. The monoisotopic (exact) mass is 517 g/mol. The summed E-state index contributed by atoms with van der Waals surface area (Å²) in [6, 6.07) is 16.5. The largest absolute Gasteiger partial charge is 0.494 e. The lowest BCUT2D eigenvalue weighted by Gasteiger charge is -2.38. The van der Waals surface area contributed by atoms with Crippen molar-refractivity contribution in [2.24, 2.45) is 11.7 Å². The van der Waals surface area contributed by atoms with E-state index in [0.717, 1.165) is 35.8 Å². The summed E-state index contributed by atoms with van der Waals surface area (Å²) in [5, 5.41) is -1.00. The van der Waals surface area contributed by atoms with E-state index >= 15 is 0 Å². The van der Waals surface area contributed by atoms with Crippen LogP contribution in [0.4, 0.5) is 0 Å². The summed E-state index contributed by atoms with van der Waals surface area (Å²) < 4.78 is 24.9. The number of carbonyl (C=O) groups excluding carboxylic acids is 1. The van der Waals surface area contributed by atoms with E-state index in [2.05, 4.69) is 38.1 Å². The van der Waals surface area contributed by atoms with Gasteiger partial charge in [0.05, 0.1) is 6.61 Å². The fourth-order valence-corrected chi connectivity index (χ4v) is 9.71. The number of nitrogens with two attached hydrogens (primary N) is 1. The summed E-state index contributed by atoms with van der Waals surface area (Å²) in [7, 11) is 0. The van der Waals surface area contributed by atoms with Crippen LogP contribution in [0.25, 0.3) is 0 Å². The highest BCUT2D eigenvalue weighted by molar-refractivity contribution is 8.58. The predicted molar refractivity (Wildman–Crippen MR) is 146 cm³/mol. The zero-order valence-electron chi connectivity index (χ0n) is 21.3.